The molecular weight excluding hydrogens is 228 g/mol. The fourth-order valence-corrected chi connectivity index (χ4v) is 2.81. The van der Waals surface area contributed by atoms with Crippen LogP contribution in [0.2, 0.25) is 0 Å². The molecule has 5 heteroatoms. The van der Waals surface area contributed by atoms with Crippen molar-refractivity contribution >= 4 is 10.1 Å². The monoisotopic (exact) mass is 244 g/mol. The normalized spacial score (nSPS) is 12.7. The number of phenolic OH excluding ortho intramolecular Hbond substituents is 1. The van der Waals surface area contributed by atoms with Gasteiger partial charge in [0.15, 0.2) is 0 Å². The third-order valence-electron chi connectivity index (χ3n) is 2.23. The lowest BCUT2D eigenvalue weighted by molar-refractivity contribution is 0.377. The van der Waals surface area contributed by atoms with Gasteiger partial charge in [-0.3, -0.25) is 4.55 Å². The molecular formula is C11H16O4S. The standard InChI is InChI=1S/C11H16O4S/c1-11(2,8-16(13,14)15)7-9-5-3-4-6-10(9)12/h3-6,12H,7-8H2,1-2H3,(H,13,14,15). The summed E-state index contributed by atoms with van der Waals surface area (Å²) in [5, 5.41) is 9.56. The maximum atomic E-state index is 10.8. The summed E-state index contributed by atoms with van der Waals surface area (Å²) in [6.45, 7) is 3.46. The molecule has 0 radical (unpaired) electrons. The number of aromatic hydroxyl groups is 1. The Labute approximate surface area is 95.7 Å². The highest BCUT2D eigenvalue weighted by Crippen LogP contribution is 2.28. The molecule has 2 N–H and O–H groups in total. The fraction of sp³-hybridized carbons (Fsp3) is 0.455. The highest BCUT2D eigenvalue weighted by molar-refractivity contribution is 7.85. The Balaban J connectivity index is 2.85. The summed E-state index contributed by atoms with van der Waals surface area (Å²) in [4.78, 5) is 0. The van der Waals surface area contributed by atoms with Crippen molar-refractivity contribution in [3.8, 4) is 5.75 Å². The molecule has 0 heterocycles. The number of benzene rings is 1. The van der Waals surface area contributed by atoms with E-state index in [4.69, 9.17) is 4.55 Å². The molecule has 4 nitrogen and oxygen atoms in total. The van der Waals surface area contributed by atoms with Crippen LogP contribution < -0.4 is 0 Å². The second kappa shape index (κ2) is 4.43. The van der Waals surface area contributed by atoms with E-state index in [1.54, 1.807) is 38.1 Å². The van der Waals surface area contributed by atoms with Crippen molar-refractivity contribution in [2.75, 3.05) is 5.75 Å². The third kappa shape index (κ3) is 4.20. The summed E-state index contributed by atoms with van der Waals surface area (Å²) in [5.74, 6) is -0.181. The van der Waals surface area contributed by atoms with Gasteiger partial charge in [-0.1, -0.05) is 32.0 Å². The first-order chi connectivity index (χ1) is 7.20. The number of hydrogen-bond donors (Lipinski definition) is 2. The zero-order valence-corrected chi connectivity index (χ0v) is 10.2. The second-order valence-corrected chi connectivity index (χ2v) is 6.15. The summed E-state index contributed by atoms with van der Waals surface area (Å²) in [6.07, 6.45) is 0.388. The van der Waals surface area contributed by atoms with Crippen molar-refractivity contribution in [1.29, 1.82) is 0 Å². The SMILES string of the molecule is CC(C)(Cc1ccccc1O)CS(=O)(=O)O. The number of hydrogen-bond acceptors (Lipinski definition) is 3. The highest BCUT2D eigenvalue weighted by Gasteiger charge is 2.26. The zero-order chi connectivity index (χ0) is 12.4. The van der Waals surface area contributed by atoms with Gasteiger partial charge in [-0.05, 0) is 23.5 Å². The lowest BCUT2D eigenvalue weighted by atomic mass is 9.87. The lowest BCUT2D eigenvalue weighted by Gasteiger charge is -2.23. The lowest BCUT2D eigenvalue weighted by Crippen LogP contribution is -2.25. The van der Waals surface area contributed by atoms with E-state index in [1.807, 2.05) is 0 Å². The van der Waals surface area contributed by atoms with Crippen LogP contribution in [0.15, 0.2) is 24.3 Å². The van der Waals surface area contributed by atoms with Crippen molar-refractivity contribution < 1.29 is 18.1 Å². The quantitative estimate of drug-likeness (QED) is 0.793. The van der Waals surface area contributed by atoms with Gasteiger partial charge >= 0.3 is 0 Å². The van der Waals surface area contributed by atoms with Gasteiger partial charge in [-0.15, -0.1) is 0 Å². The minimum absolute atomic E-state index is 0.144. The maximum Gasteiger partial charge on any atom is 0.265 e. The summed E-state index contributed by atoms with van der Waals surface area (Å²) in [5.41, 5.74) is 0.0584. The fourth-order valence-electron chi connectivity index (χ4n) is 1.72. The molecule has 0 bridgehead atoms. The average Bonchev–Trinajstić information content (AvgIpc) is 2.04. The first kappa shape index (κ1) is 13.0. The van der Waals surface area contributed by atoms with Crippen LogP contribution in [0.3, 0.4) is 0 Å². The van der Waals surface area contributed by atoms with Crippen LogP contribution in [0.4, 0.5) is 0 Å². The van der Waals surface area contributed by atoms with E-state index in [-0.39, 0.29) is 11.5 Å². The third-order valence-corrected chi connectivity index (χ3v) is 3.38. The molecule has 0 saturated heterocycles. The molecule has 0 spiro atoms. The average molecular weight is 244 g/mol. The summed E-state index contributed by atoms with van der Waals surface area (Å²) in [7, 11) is -4.00. The molecule has 0 amide bonds. The Morgan fingerprint density at radius 2 is 1.81 bits per heavy atom. The molecule has 0 fully saturated rings. The zero-order valence-electron chi connectivity index (χ0n) is 9.34. The molecule has 0 aliphatic rings. The van der Waals surface area contributed by atoms with Crippen LogP contribution in [0.1, 0.15) is 19.4 Å². The molecule has 0 saturated carbocycles. The van der Waals surface area contributed by atoms with Gasteiger partial charge in [0.2, 0.25) is 0 Å². The molecule has 1 rings (SSSR count). The van der Waals surface area contributed by atoms with Crippen LogP contribution in [-0.4, -0.2) is 23.8 Å². The predicted octanol–water partition coefficient (Wildman–Crippen LogP) is 1.85. The maximum absolute atomic E-state index is 10.8. The predicted molar refractivity (Wildman–Crippen MR) is 62.0 cm³/mol. The summed E-state index contributed by atoms with van der Waals surface area (Å²) in [6, 6.07) is 6.77. The van der Waals surface area contributed by atoms with E-state index < -0.39 is 15.5 Å². The topological polar surface area (TPSA) is 74.6 Å². The van der Waals surface area contributed by atoms with Crippen molar-refractivity contribution in [2.24, 2.45) is 5.41 Å². The molecule has 90 valence electrons. The molecule has 16 heavy (non-hydrogen) atoms. The van der Waals surface area contributed by atoms with E-state index in [0.29, 0.717) is 12.0 Å². The minimum atomic E-state index is -4.00. The van der Waals surface area contributed by atoms with Gasteiger partial charge in [0.25, 0.3) is 10.1 Å². The Morgan fingerprint density at radius 3 is 2.31 bits per heavy atom. The second-order valence-electron chi connectivity index (χ2n) is 4.70. The number of para-hydroxylation sites is 1. The number of rotatable bonds is 4. The van der Waals surface area contributed by atoms with E-state index in [2.05, 4.69) is 0 Å². The Bertz CT molecular complexity index is 463. The Kier molecular flexibility index (Phi) is 3.60. The molecule has 1 aromatic rings. The smallest absolute Gasteiger partial charge is 0.265 e. The van der Waals surface area contributed by atoms with Crippen molar-refractivity contribution in [3.05, 3.63) is 29.8 Å². The van der Waals surface area contributed by atoms with Gasteiger partial charge in [-0.2, -0.15) is 8.42 Å². The Hall–Kier alpha value is -1.07. The van der Waals surface area contributed by atoms with E-state index in [1.165, 1.54) is 0 Å². The first-order valence-corrected chi connectivity index (χ1v) is 6.53. The van der Waals surface area contributed by atoms with Crippen molar-refractivity contribution in [2.45, 2.75) is 20.3 Å². The van der Waals surface area contributed by atoms with Gasteiger partial charge in [0.05, 0.1) is 5.75 Å². The summed E-state index contributed by atoms with van der Waals surface area (Å²) >= 11 is 0. The van der Waals surface area contributed by atoms with E-state index >= 15 is 0 Å². The van der Waals surface area contributed by atoms with Crippen LogP contribution in [0.25, 0.3) is 0 Å². The van der Waals surface area contributed by atoms with Gasteiger partial charge in [0.1, 0.15) is 5.75 Å². The Morgan fingerprint density at radius 1 is 1.25 bits per heavy atom. The molecule has 0 atom stereocenters. The van der Waals surface area contributed by atoms with Crippen LogP contribution in [0.5, 0.6) is 5.75 Å². The first-order valence-electron chi connectivity index (χ1n) is 4.92. The molecule has 0 unspecified atom stereocenters. The molecule has 0 aliphatic carbocycles. The van der Waals surface area contributed by atoms with E-state index in [0.717, 1.165) is 0 Å². The van der Waals surface area contributed by atoms with Gasteiger partial charge in [-0.25, -0.2) is 0 Å². The molecule has 1 aromatic carbocycles. The van der Waals surface area contributed by atoms with Crippen LogP contribution in [0, 0.1) is 5.41 Å². The van der Waals surface area contributed by atoms with Crippen molar-refractivity contribution in [1.82, 2.24) is 0 Å². The van der Waals surface area contributed by atoms with E-state index in [9.17, 15) is 13.5 Å². The van der Waals surface area contributed by atoms with Gasteiger partial charge in [0, 0.05) is 0 Å². The summed E-state index contributed by atoms with van der Waals surface area (Å²) < 4.78 is 30.4. The highest BCUT2D eigenvalue weighted by atomic mass is 32.2. The molecule has 0 aromatic heterocycles. The minimum Gasteiger partial charge on any atom is -0.508 e. The van der Waals surface area contributed by atoms with Crippen LogP contribution >= 0.6 is 0 Å². The largest absolute Gasteiger partial charge is 0.508 e. The molecule has 0 aliphatic heterocycles. The van der Waals surface area contributed by atoms with Crippen LogP contribution in [-0.2, 0) is 16.5 Å². The number of phenols is 1. The van der Waals surface area contributed by atoms with Crippen molar-refractivity contribution in [3.63, 3.8) is 0 Å². The van der Waals surface area contributed by atoms with Gasteiger partial charge < -0.3 is 5.11 Å².